The molecule has 0 aliphatic carbocycles. The van der Waals surface area contributed by atoms with Gasteiger partial charge in [0.05, 0.1) is 24.9 Å². The zero-order valence-corrected chi connectivity index (χ0v) is 15.2. The first-order chi connectivity index (χ1) is 12.7. The number of ether oxygens (including phenoxy) is 2. The summed E-state index contributed by atoms with van der Waals surface area (Å²) in [4.78, 5) is 8.68. The quantitative estimate of drug-likeness (QED) is 0.638. The van der Waals surface area contributed by atoms with E-state index in [1.807, 2.05) is 42.5 Å². The van der Waals surface area contributed by atoms with Crippen LogP contribution in [0.5, 0.6) is 11.5 Å². The van der Waals surface area contributed by atoms with Crippen molar-refractivity contribution in [1.29, 1.82) is 0 Å². The normalized spacial score (nSPS) is 10.3. The summed E-state index contributed by atoms with van der Waals surface area (Å²) in [6.45, 7) is 0.586. The van der Waals surface area contributed by atoms with Crippen LogP contribution in [0.25, 0.3) is 0 Å². The summed E-state index contributed by atoms with van der Waals surface area (Å²) in [5.74, 6) is 2.56. The van der Waals surface area contributed by atoms with Gasteiger partial charge in [-0.1, -0.05) is 29.8 Å². The highest BCUT2D eigenvalue weighted by Crippen LogP contribution is 2.28. The third-order valence-corrected chi connectivity index (χ3v) is 4.03. The fraction of sp³-hybridized carbons (Fsp3) is 0.158. The van der Waals surface area contributed by atoms with Gasteiger partial charge in [0.25, 0.3) is 0 Å². The van der Waals surface area contributed by atoms with Crippen molar-refractivity contribution in [1.82, 2.24) is 9.97 Å². The monoisotopic (exact) mass is 370 g/mol. The van der Waals surface area contributed by atoms with E-state index in [0.717, 1.165) is 11.3 Å². The molecule has 1 heterocycles. The molecule has 0 aliphatic rings. The zero-order valence-electron chi connectivity index (χ0n) is 14.5. The van der Waals surface area contributed by atoms with E-state index in [1.54, 1.807) is 26.5 Å². The molecule has 0 aliphatic heterocycles. The number of hydrogen-bond acceptors (Lipinski definition) is 6. The molecule has 2 aromatic carbocycles. The van der Waals surface area contributed by atoms with E-state index < -0.39 is 0 Å². The van der Waals surface area contributed by atoms with Gasteiger partial charge in [0.2, 0.25) is 5.95 Å². The Labute approximate surface area is 157 Å². The Morgan fingerprint density at radius 3 is 2.58 bits per heavy atom. The number of benzene rings is 2. The summed E-state index contributed by atoms with van der Waals surface area (Å²) in [6, 6.07) is 15.0. The molecular weight excluding hydrogens is 352 g/mol. The minimum absolute atomic E-state index is 0.468. The summed E-state index contributed by atoms with van der Waals surface area (Å²) >= 11 is 6.15. The van der Waals surface area contributed by atoms with Crippen molar-refractivity contribution in [3.63, 3.8) is 0 Å². The highest BCUT2D eigenvalue weighted by Gasteiger charge is 2.06. The third kappa shape index (κ3) is 4.34. The summed E-state index contributed by atoms with van der Waals surface area (Å²) in [5, 5.41) is 6.99. The highest BCUT2D eigenvalue weighted by atomic mass is 35.5. The van der Waals surface area contributed by atoms with E-state index in [1.165, 1.54) is 0 Å². The van der Waals surface area contributed by atoms with Gasteiger partial charge in [0.15, 0.2) is 11.5 Å². The van der Waals surface area contributed by atoms with Crippen LogP contribution < -0.4 is 20.1 Å². The van der Waals surface area contributed by atoms with E-state index in [0.29, 0.717) is 34.8 Å². The number of hydrogen-bond donors (Lipinski definition) is 2. The van der Waals surface area contributed by atoms with Crippen molar-refractivity contribution >= 4 is 29.1 Å². The standard InChI is InChI=1S/C19H19ClN4O2/c1-25-16-8-7-13(11-17(16)26-2)12-22-18-9-10-21-19(24-18)23-15-6-4-3-5-14(15)20/h3-11H,12H2,1-2H3,(H2,21,22,23,24). The smallest absolute Gasteiger partial charge is 0.229 e. The first-order valence-electron chi connectivity index (χ1n) is 7.99. The lowest BCUT2D eigenvalue weighted by Gasteiger charge is -2.11. The molecule has 0 radical (unpaired) electrons. The average molecular weight is 371 g/mol. The second kappa shape index (κ2) is 8.40. The Bertz CT molecular complexity index is 889. The van der Waals surface area contributed by atoms with Crippen molar-refractivity contribution in [2.45, 2.75) is 6.54 Å². The van der Waals surface area contributed by atoms with Crippen molar-refractivity contribution in [2.24, 2.45) is 0 Å². The molecule has 26 heavy (non-hydrogen) atoms. The second-order valence-electron chi connectivity index (χ2n) is 5.41. The number of rotatable bonds is 7. The molecule has 3 rings (SSSR count). The van der Waals surface area contributed by atoms with Gasteiger partial charge in [-0.25, -0.2) is 4.98 Å². The second-order valence-corrected chi connectivity index (χ2v) is 5.82. The molecule has 1 aromatic heterocycles. The van der Waals surface area contributed by atoms with Crippen molar-refractivity contribution < 1.29 is 9.47 Å². The molecule has 3 aromatic rings. The summed E-state index contributed by atoms with van der Waals surface area (Å²) in [5.41, 5.74) is 1.80. The largest absolute Gasteiger partial charge is 0.493 e. The Morgan fingerprint density at radius 1 is 1.00 bits per heavy atom. The van der Waals surface area contributed by atoms with Crippen LogP contribution in [0.15, 0.2) is 54.7 Å². The SMILES string of the molecule is COc1ccc(CNc2ccnc(Nc3ccccc3Cl)n2)cc1OC. The Morgan fingerprint density at radius 2 is 1.81 bits per heavy atom. The fourth-order valence-corrected chi connectivity index (χ4v) is 2.57. The van der Waals surface area contributed by atoms with Crippen LogP contribution in [0, 0.1) is 0 Å². The molecule has 2 N–H and O–H groups in total. The Kier molecular flexibility index (Phi) is 5.76. The molecule has 0 saturated heterocycles. The average Bonchev–Trinajstić information content (AvgIpc) is 2.68. The van der Waals surface area contributed by atoms with Gasteiger partial charge in [-0.15, -0.1) is 0 Å². The van der Waals surface area contributed by atoms with Gasteiger partial charge in [-0.05, 0) is 35.9 Å². The van der Waals surface area contributed by atoms with E-state index in [-0.39, 0.29) is 0 Å². The van der Waals surface area contributed by atoms with Gasteiger partial charge >= 0.3 is 0 Å². The van der Waals surface area contributed by atoms with Crippen LogP contribution in [0.3, 0.4) is 0 Å². The van der Waals surface area contributed by atoms with Crippen LogP contribution in [0.2, 0.25) is 5.02 Å². The lowest BCUT2D eigenvalue weighted by atomic mass is 10.2. The molecule has 0 unspecified atom stereocenters. The minimum Gasteiger partial charge on any atom is -0.493 e. The predicted octanol–water partition coefficient (Wildman–Crippen LogP) is 4.50. The van der Waals surface area contributed by atoms with E-state index in [9.17, 15) is 0 Å². The molecule has 0 bridgehead atoms. The first-order valence-corrected chi connectivity index (χ1v) is 8.37. The number of nitrogens with zero attached hydrogens (tertiary/aromatic N) is 2. The Balaban J connectivity index is 1.68. The Hall–Kier alpha value is -2.99. The molecule has 7 heteroatoms. The number of anilines is 3. The maximum Gasteiger partial charge on any atom is 0.229 e. The molecule has 6 nitrogen and oxygen atoms in total. The maximum absolute atomic E-state index is 6.15. The molecular formula is C19H19ClN4O2. The van der Waals surface area contributed by atoms with Crippen LogP contribution in [-0.4, -0.2) is 24.2 Å². The molecule has 134 valence electrons. The van der Waals surface area contributed by atoms with E-state index in [2.05, 4.69) is 20.6 Å². The van der Waals surface area contributed by atoms with Crippen LogP contribution >= 0.6 is 11.6 Å². The highest BCUT2D eigenvalue weighted by molar-refractivity contribution is 6.33. The predicted molar refractivity (Wildman–Crippen MR) is 104 cm³/mol. The van der Waals surface area contributed by atoms with Gasteiger partial charge in [0.1, 0.15) is 5.82 Å². The van der Waals surface area contributed by atoms with Gasteiger partial charge in [0, 0.05) is 12.7 Å². The minimum atomic E-state index is 0.468. The lowest BCUT2D eigenvalue weighted by molar-refractivity contribution is 0.354. The third-order valence-electron chi connectivity index (χ3n) is 3.70. The number of nitrogens with one attached hydrogen (secondary N) is 2. The molecule has 0 spiro atoms. The lowest BCUT2D eigenvalue weighted by Crippen LogP contribution is -2.04. The summed E-state index contributed by atoms with van der Waals surface area (Å²) in [6.07, 6.45) is 1.68. The van der Waals surface area contributed by atoms with Crippen molar-refractivity contribution in [3.05, 3.63) is 65.3 Å². The van der Waals surface area contributed by atoms with Gasteiger partial charge in [-0.3, -0.25) is 0 Å². The zero-order chi connectivity index (χ0) is 18.4. The fourth-order valence-electron chi connectivity index (χ4n) is 2.38. The number of aromatic nitrogens is 2. The molecule has 0 amide bonds. The summed E-state index contributed by atoms with van der Waals surface area (Å²) < 4.78 is 10.6. The molecule has 0 atom stereocenters. The molecule has 0 fully saturated rings. The van der Waals surface area contributed by atoms with E-state index >= 15 is 0 Å². The number of methoxy groups -OCH3 is 2. The number of halogens is 1. The number of para-hydroxylation sites is 1. The first kappa shape index (κ1) is 17.8. The van der Waals surface area contributed by atoms with Gasteiger partial charge in [-0.2, -0.15) is 4.98 Å². The van der Waals surface area contributed by atoms with Crippen LogP contribution in [0.4, 0.5) is 17.5 Å². The van der Waals surface area contributed by atoms with Crippen molar-refractivity contribution in [3.8, 4) is 11.5 Å². The van der Waals surface area contributed by atoms with Crippen molar-refractivity contribution in [2.75, 3.05) is 24.9 Å². The van der Waals surface area contributed by atoms with Gasteiger partial charge < -0.3 is 20.1 Å². The molecule has 0 saturated carbocycles. The maximum atomic E-state index is 6.15. The summed E-state index contributed by atoms with van der Waals surface area (Å²) in [7, 11) is 3.23. The van der Waals surface area contributed by atoms with Crippen LogP contribution in [-0.2, 0) is 6.54 Å². The van der Waals surface area contributed by atoms with E-state index in [4.69, 9.17) is 21.1 Å². The van der Waals surface area contributed by atoms with Crippen LogP contribution in [0.1, 0.15) is 5.56 Å². The topological polar surface area (TPSA) is 68.3 Å².